The normalized spacial score (nSPS) is 19.5. The maximum absolute atomic E-state index is 13.9. The molecule has 0 radical (unpaired) electrons. The van der Waals surface area contributed by atoms with Crippen LogP contribution in [-0.2, 0) is 11.8 Å². The number of hydrogen-bond acceptors (Lipinski definition) is 3. The van der Waals surface area contributed by atoms with Crippen molar-refractivity contribution in [1.29, 1.82) is 0 Å². The molecule has 0 bridgehead atoms. The number of carbonyl (C=O) groups is 2. The first kappa shape index (κ1) is 18.8. The van der Waals surface area contributed by atoms with Crippen LogP contribution in [0.15, 0.2) is 24.3 Å². The minimum atomic E-state index is -0.798. The molecule has 0 unspecified atom stereocenters. The van der Waals surface area contributed by atoms with Gasteiger partial charge in [-0.25, -0.2) is 13.6 Å². The maximum Gasteiger partial charge on any atom is 0.320 e. The van der Waals surface area contributed by atoms with E-state index in [4.69, 9.17) is 5.11 Å². The molecule has 3 N–H and O–H groups in total. The lowest BCUT2D eigenvalue weighted by Gasteiger charge is -2.26. The highest BCUT2D eigenvalue weighted by molar-refractivity contribution is 5.89. The quantitative estimate of drug-likeness (QED) is 0.762. The lowest BCUT2D eigenvalue weighted by atomic mass is 9.86. The largest absolute Gasteiger partial charge is 0.481 e. The topological polar surface area (TPSA) is 96.3 Å². The van der Waals surface area contributed by atoms with Gasteiger partial charge in [0.1, 0.15) is 17.5 Å². The number of nitrogens with one attached hydrogen (secondary N) is 2. The van der Waals surface area contributed by atoms with Gasteiger partial charge < -0.3 is 10.4 Å². The van der Waals surface area contributed by atoms with E-state index in [-0.39, 0.29) is 23.2 Å². The van der Waals surface area contributed by atoms with E-state index in [2.05, 4.69) is 15.7 Å². The molecule has 1 aliphatic rings. The molecule has 0 aliphatic heterocycles. The first-order valence-electron chi connectivity index (χ1n) is 8.63. The van der Waals surface area contributed by atoms with Crippen molar-refractivity contribution in [2.45, 2.75) is 31.7 Å². The fraction of sp³-hybridized carbons (Fsp3) is 0.389. The number of carbonyl (C=O) groups excluding carboxylic acids is 1. The van der Waals surface area contributed by atoms with Gasteiger partial charge in [0.25, 0.3) is 0 Å². The lowest BCUT2D eigenvalue weighted by molar-refractivity contribution is -0.142. The molecule has 1 heterocycles. The zero-order chi connectivity index (χ0) is 19.6. The van der Waals surface area contributed by atoms with Gasteiger partial charge in [-0.05, 0) is 37.8 Å². The van der Waals surface area contributed by atoms with Crippen LogP contribution in [0.1, 0.15) is 25.7 Å². The van der Waals surface area contributed by atoms with E-state index in [9.17, 15) is 18.4 Å². The molecule has 1 fully saturated rings. The number of rotatable bonds is 4. The van der Waals surface area contributed by atoms with Crippen LogP contribution < -0.4 is 10.6 Å². The summed E-state index contributed by atoms with van der Waals surface area (Å²) in [7, 11) is 1.60. The monoisotopic (exact) mass is 378 g/mol. The smallest absolute Gasteiger partial charge is 0.320 e. The molecule has 3 rings (SSSR count). The Labute approximate surface area is 154 Å². The number of carboxylic acid groups (broad SMARTS) is 1. The Morgan fingerprint density at radius 2 is 1.89 bits per heavy atom. The number of aromatic nitrogens is 2. The van der Waals surface area contributed by atoms with Gasteiger partial charge in [-0.2, -0.15) is 5.10 Å². The number of carboxylic acids is 1. The molecular weight excluding hydrogens is 358 g/mol. The molecular formula is C18H20F2N4O3. The minimum Gasteiger partial charge on any atom is -0.481 e. The van der Waals surface area contributed by atoms with E-state index in [1.54, 1.807) is 7.05 Å². The highest BCUT2D eigenvalue weighted by Gasteiger charge is 2.26. The third kappa shape index (κ3) is 4.42. The average molecular weight is 378 g/mol. The molecule has 0 saturated heterocycles. The van der Waals surface area contributed by atoms with Crippen molar-refractivity contribution in [2.75, 3.05) is 5.32 Å². The molecule has 7 nitrogen and oxygen atoms in total. The van der Waals surface area contributed by atoms with E-state index < -0.39 is 23.6 Å². The molecule has 1 aromatic carbocycles. The van der Waals surface area contributed by atoms with Gasteiger partial charge >= 0.3 is 12.0 Å². The van der Waals surface area contributed by atoms with Crippen LogP contribution in [0.3, 0.4) is 0 Å². The predicted molar refractivity (Wildman–Crippen MR) is 94.1 cm³/mol. The Morgan fingerprint density at radius 3 is 2.52 bits per heavy atom. The predicted octanol–water partition coefficient (Wildman–Crippen LogP) is 3.13. The van der Waals surface area contributed by atoms with Gasteiger partial charge in [-0.3, -0.25) is 14.8 Å². The minimum absolute atomic E-state index is 0.0946. The van der Waals surface area contributed by atoms with Crippen LogP contribution in [0.2, 0.25) is 0 Å². The van der Waals surface area contributed by atoms with Gasteiger partial charge in [0.2, 0.25) is 0 Å². The third-order valence-electron chi connectivity index (χ3n) is 4.74. The molecule has 1 aromatic heterocycles. The Bertz CT molecular complexity index is 860. The first-order chi connectivity index (χ1) is 12.8. The second-order valence-corrected chi connectivity index (χ2v) is 6.65. The number of benzene rings is 1. The average Bonchev–Trinajstić information content (AvgIpc) is 2.95. The van der Waals surface area contributed by atoms with Crippen molar-refractivity contribution >= 4 is 17.8 Å². The molecule has 2 aromatic rings. The summed E-state index contributed by atoms with van der Waals surface area (Å²) < 4.78 is 28.3. The lowest BCUT2D eigenvalue weighted by Crippen LogP contribution is -2.41. The van der Waals surface area contributed by atoms with Gasteiger partial charge in [0, 0.05) is 30.8 Å². The van der Waals surface area contributed by atoms with Gasteiger partial charge in [-0.1, -0.05) is 0 Å². The number of aliphatic carboxylic acids is 1. The Hall–Kier alpha value is -2.97. The summed E-state index contributed by atoms with van der Waals surface area (Å²) in [5.74, 6) is -2.21. The summed E-state index contributed by atoms with van der Waals surface area (Å²) in [6, 6.07) is 4.16. The Balaban J connectivity index is 1.62. The van der Waals surface area contributed by atoms with Crippen molar-refractivity contribution < 1.29 is 23.5 Å². The zero-order valence-corrected chi connectivity index (χ0v) is 14.7. The van der Waals surface area contributed by atoms with Crippen LogP contribution >= 0.6 is 0 Å². The van der Waals surface area contributed by atoms with Crippen LogP contribution in [0.5, 0.6) is 0 Å². The SMILES string of the molecule is Cn1nc(-c2ccc(F)cc2F)cc1NC(=O)NC1CCC(C(=O)O)CC1. The Kier molecular flexibility index (Phi) is 5.38. The van der Waals surface area contributed by atoms with Gasteiger partial charge in [0.15, 0.2) is 0 Å². The van der Waals surface area contributed by atoms with E-state index >= 15 is 0 Å². The van der Waals surface area contributed by atoms with Crippen LogP contribution in [0.4, 0.5) is 19.4 Å². The second-order valence-electron chi connectivity index (χ2n) is 6.65. The number of urea groups is 1. The van der Waals surface area contributed by atoms with Crippen molar-refractivity contribution in [3.63, 3.8) is 0 Å². The van der Waals surface area contributed by atoms with Crippen molar-refractivity contribution in [3.8, 4) is 11.3 Å². The van der Waals surface area contributed by atoms with E-state index in [1.165, 1.54) is 16.8 Å². The molecule has 0 spiro atoms. The number of nitrogens with zero attached hydrogens (tertiary/aromatic N) is 2. The third-order valence-corrected chi connectivity index (χ3v) is 4.74. The molecule has 1 aliphatic carbocycles. The first-order valence-corrected chi connectivity index (χ1v) is 8.63. The highest BCUT2D eigenvalue weighted by Crippen LogP contribution is 2.26. The molecule has 0 atom stereocenters. The standard InChI is InChI=1S/C18H20F2N4O3/c1-24-16(9-15(23-24)13-7-4-11(19)8-14(13)20)22-18(27)21-12-5-2-10(3-6-12)17(25)26/h4,7-10,12H,2-3,5-6H2,1H3,(H,25,26)(H2,21,22,27). The molecule has 9 heteroatoms. The molecule has 1 saturated carbocycles. The Morgan fingerprint density at radius 1 is 1.19 bits per heavy atom. The molecule has 2 amide bonds. The maximum atomic E-state index is 13.9. The van der Waals surface area contributed by atoms with Gasteiger partial charge in [-0.15, -0.1) is 0 Å². The summed E-state index contributed by atoms with van der Waals surface area (Å²) in [4.78, 5) is 23.2. The number of anilines is 1. The summed E-state index contributed by atoms with van der Waals surface area (Å²) in [5.41, 5.74) is 0.403. The summed E-state index contributed by atoms with van der Waals surface area (Å²) in [6.07, 6.45) is 2.25. The number of halogens is 2. The fourth-order valence-corrected chi connectivity index (χ4v) is 3.24. The summed E-state index contributed by atoms with van der Waals surface area (Å²) in [5, 5.41) is 18.6. The number of hydrogen-bond donors (Lipinski definition) is 3. The van der Waals surface area contributed by atoms with Crippen molar-refractivity contribution in [2.24, 2.45) is 13.0 Å². The number of amides is 2. The summed E-state index contributed by atoms with van der Waals surface area (Å²) in [6.45, 7) is 0. The molecule has 27 heavy (non-hydrogen) atoms. The zero-order valence-electron chi connectivity index (χ0n) is 14.7. The van der Waals surface area contributed by atoms with Gasteiger partial charge in [0.05, 0.1) is 11.6 Å². The summed E-state index contributed by atoms with van der Waals surface area (Å²) >= 11 is 0. The van der Waals surface area contributed by atoms with Crippen LogP contribution in [-0.4, -0.2) is 32.9 Å². The number of aryl methyl sites for hydroxylation is 1. The van der Waals surface area contributed by atoms with Crippen LogP contribution in [0, 0.1) is 17.6 Å². The highest BCUT2D eigenvalue weighted by atomic mass is 19.1. The van der Waals surface area contributed by atoms with E-state index in [1.807, 2.05) is 0 Å². The van der Waals surface area contributed by atoms with E-state index in [0.717, 1.165) is 12.1 Å². The van der Waals surface area contributed by atoms with E-state index in [0.29, 0.717) is 31.5 Å². The molecule has 144 valence electrons. The second kappa shape index (κ2) is 7.73. The fourth-order valence-electron chi connectivity index (χ4n) is 3.24. The van der Waals surface area contributed by atoms with Crippen molar-refractivity contribution in [1.82, 2.24) is 15.1 Å². The van der Waals surface area contributed by atoms with Crippen molar-refractivity contribution in [3.05, 3.63) is 35.9 Å². The van der Waals surface area contributed by atoms with Crippen LogP contribution in [0.25, 0.3) is 11.3 Å².